The van der Waals surface area contributed by atoms with Crippen LogP contribution in [0.2, 0.25) is 0 Å². The van der Waals surface area contributed by atoms with Crippen LogP contribution in [0.15, 0.2) is 43.1 Å². The molecule has 5 nitrogen and oxygen atoms in total. The third kappa shape index (κ3) is 3.97. The van der Waals surface area contributed by atoms with Crippen molar-refractivity contribution in [2.75, 3.05) is 13.2 Å². The Kier molecular flexibility index (Phi) is 5.36. The molecular formula is C17H20N2O3. The first-order chi connectivity index (χ1) is 10.6. The van der Waals surface area contributed by atoms with Gasteiger partial charge in [-0.1, -0.05) is 24.8 Å². The molecule has 22 heavy (non-hydrogen) atoms. The van der Waals surface area contributed by atoms with E-state index in [0.29, 0.717) is 25.3 Å². The number of benzene rings is 1. The summed E-state index contributed by atoms with van der Waals surface area (Å²) in [7, 11) is 1.79. The van der Waals surface area contributed by atoms with Crippen LogP contribution in [-0.2, 0) is 18.2 Å². The van der Waals surface area contributed by atoms with Gasteiger partial charge >= 0.3 is 5.97 Å². The standard InChI is InChI=1S/C17H20N2O3/c1-4-9-22-15-8-6-7-13(11-15)10-14-12-19(3)18-16(14)17(20)21-5-2/h4,6-8,11-12H,1,5,9-10H2,2-3H3. The second kappa shape index (κ2) is 7.45. The summed E-state index contributed by atoms with van der Waals surface area (Å²) in [6.45, 7) is 6.20. The number of hydrogen-bond acceptors (Lipinski definition) is 4. The SMILES string of the molecule is C=CCOc1cccc(Cc2cn(C)nc2C(=O)OCC)c1. The van der Waals surface area contributed by atoms with Crippen molar-refractivity contribution in [3.63, 3.8) is 0 Å². The molecule has 0 atom stereocenters. The van der Waals surface area contributed by atoms with Gasteiger partial charge in [0.2, 0.25) is 0 Å². The number of carbonyl (C=O) groups is 1. The van der Waals surface area contributed by atoms with E-state index in [-0.39, 0.29) is 0 Å². The highest BCUT2D eigenvalue weighted by molar-refractivity contribution is 5.88. The monoisotopic (exact) mass is 300 g/mol. The number of nitrogens with zero attached hydrogens (tertiary/aromatic N) is 2. The van der Waals surface area contributed by atoms with Crippen LogP contribution in [-0.4, -0.2) is 29.0 Å². The summed E-state index contributed by atoms with van der Waals surface area (Å²) in [4.78, 5) is 11.9. The van der Waals surface area contributed by atoms with Gasteiger partial charge in [-0.2, -0.15) is 5.10 Å². The minimum absolute atomic E-state index is 0.333. The van der Waals surface area contributed by atoms with E-state index in [0.717, 1.165) is 16.9 Å². The van der Waals surface area contributed by atoms with Crippen molar-refractivity contribution in [3.05, 3.63) is 59.9 Å². The highest BCUT2D eigenvalue weighted by Crippen LogP contribution is 2.19. The van der Waals surface area contributed by atoms with E-state index in [1.165, 1.54) is 0 Å². The molecule has 0 bridgehead atoms. The Balaban J connectivity index is 2.20. The predicted molar refractivity (Wildman–Crippen MR) is 84.1 cm³/mol. The van der Waals surface area contributed by atoms with Crippen molar-refractivity contribution < 1.29 is 14.3 Å². The van der Waals surface area contributed by atoms with Gasteiger partial charge in [0, 0.05) is 25.2 Å². The Morgan fingerprint density at radius 2 is 2.27 bits per heavy atom. The average Bonchev–Trinajstić information content (AvgIpc) is 2.86. The Hall–Kier alpha value is -2.56. The summed E-state index contributed by atoms with van der Waals surface area (Å²) < 4.78 is 12.2. The van der Waals surface area contributed by atoms with Gasteiger partial charge in [0.25, 0.3) is 0 Å². The molecule has 0 unspecified atom stereocenters. The molecule has 0 aliphatic rings. The number of aryl methyl sites for hydroxylation is 1. The zero-order chi connectivity index (χ0) is 15.9. The fourth-order valence-corrected chi connectivity index (χ4v) is 2.16. The van der Waals surface area contributed by atoms with Gasteiger partial charge in [0.05, 0.1) is 6.61 Å². The molecule has 5 heteroatoms. The predicted octanol–water partition coefficient (Wildman–Crippen LogP) is 2.75. The Morgan fingerprint density at radius 1 is 1.45 bits per heavy atom. The van der Waals surface area contributed by atoms with Crippen LogP contribution in [0.25, 0.3) is 0 Å². The third-order valence-electron chi connectivity index (χ3n) is 3.03. The Bertz CT molecular complexity index is 662. The van der Waals surface area contributed by atoms with Gasteiger partial charge in [-0.25, -0.2) is 4.79 Å². The summed E-state index contributed by atoms with van der Waals surface area (Å²) in [6, 6.07) is 7.75. The van der Waals surface area contributed by atoms with E-state index in [2.05, 4.69) is 11.7 Å². The van der Waals surface area contributed by atoms with Gasteiger partial charge in [0.15, 0.2) is 5.69 Å². The van der Waals surface area contributed by atoms with Gasteiger partial charge in [-0.05, 0) is 24.6 Å². The Morgan fingerprint density at radius 3 is 3.00 bits per heavy atom. The average molecular weight is 300 g/mol. The molecule has 0 aliphatic carbocycles. The molecule has 0 aliphatic heterocycles. The van der Waals surface area contributed by atoms with Crippen LogP contribution in [0.1, 0.15) is 28.5 Å². The first kappa shape index (κ1) is 15.8. The molecular weight excluding hydrogens is 280 g/mol. The van der Waals surface area contributed by atoms with Crippen LogP contribution in [0.4, 0.5) is 0 Å². The molecule has 116 valence electrons. The fourth-order valence-electron chi connectivity index (χ4n) is 2.16. The quantitative estimate of drug-likeness (QED) is 0.583. The lowest BCUT2D eigenvalue weighted by molar-refractivity contribution is 0.0517. The molecule has 2 rings (SSSR count). The molecule has 0 radical (unpaired) electrons. The van der Waals surface area contributed by atoms with E-state index < -0.39 is 5.97 Å². The topological polar surface area (TPSA) is 53.4 Å². The molecule has 1 aromatic carbocycles. The zero-order valence-corrected chi connectivity index (χ0v) is 12.9. The Labute approximate surface area is 130 Å². The van der Waals surface area contributed by atoms with Gasteiger partial charge in [-0.3, -0.25) is 4.68 Å². The lowest BCUT2D eigenvalue weighted by Gasteiger charge is -2.06. The summed E-state index contributed by atoms with van der Waals surface area (Å²) in [5, 5.41) is 4.19. The van der Waals surface area contributed by atoms with Gasteiger partial charge in [-0.15, -0.1) is 0 Å². The molecule has 0 spiro atoms. The molecule has 0 N–H and O–H groups in total. The highest BCUT2D eigenvalue weighted by Gasteiger charge is 2.17. The number of ether oxygens (including phenoxy) is 2. The molecule has 0 amide bonds. The fraction of sp³-hybridized carbons (Fsp3) is 0.294. The van der Waals surface area contributed by atoms with Crippen LogP contribution in [0, 0.1) is 0 Å². The van der Waals surface area contributed by atoms with Crippen molar-refractivity contribution in [3.8, 4) is 5.75 Å². The number of hydrogen-bond donors (Lipinski definition) is 0. The van der Waals surface area contributed by atoms with E-state index in [1.807, 2.05) is 30.5 Å². The molecule has 1 aromatic heterocycles. The van der Waals surface area contributed by atoms with Gasteiger partial charge < -0.3 is 9.47 Å². The minimum atomic E-state index is -0.392. The number of esters is 1. The molecule has 1 heterocycles. The number of aromatic nitrogens is 2. The van der Waals surface area contributed by atoms with Crippen LogP contribution >= 0.6 is 0 Å². The van der Waals surface area contributed by atoms with Crippen molar-refractivity contribution >= 4 is 5.97 Å². The van der Waals surface area contributed by atoms with E-state index >= 15 is 0 Å². The smallest absolute Gasteiger partial charge is 0.359 e. The summed E-state index contributed by atoms with van der Waals surface area (Å²) in [6.07, 6.45) is 4.13. The summed E-state index contributed by atoms with van der Waals surface area (Å²) in [5.41, 5.74) is 2.24. The zero-order valence-electron chi connectivity index (χ0n) is 12.9. The van der Waals surface area contributed by atoms with Crippen molar-refractivity contribution in [2.24, 2.45) is 7.05 Å². The molecule has 0 saturated carbocycles. The lowest BCUT2D eigenvalue weighted by atomic mass is 10.1. The molecule has 0 fully saturated rings. The number of rotatable bonds is 7. The summed E-state index contributed by atoms with van der Waals surface area (Å²) >= 11 is 0. The first-order valence-corrected chi connectivity index (χ1v) is 7.16. The lowest BCUT2D eigenvalue weighted by Crippen LogP contribution is -2.08. The normalized spacial score (nSPS) is 10.3. The third-order valence-corrected chi connectivity index (χ3v) is 3.03. The maximum absolute atomic E-state index is 11.9. The second-order valence-electron chi connectivity index (χ2n) is 4.82. The minimum Gasteiger partial charge on any atom is -0.490 e. The van der Waals surface area contributed by atoms with Crippen molar-refractivity contribution in [1.29, 1.82) is 0 Å². The molecule has 2 aromatic rings. The van der Waals surface area contributed by atoms with E-state index in [4.69, 9.17) is 9.47 Å². The van der Waals surface area contributed by atoms with Crippen LogP contribution in [0.3, 0.4) is 0 Å². The van der Waals surface area contributed by atoms with Crippen LogP contribution < -0.4 is 4.74 Å². The van der Waals surface area contributed by atoms with Crippen molar-refractivity contribution in [1.82, 2.24) is 9.78 Å². The first-order valence-electron chi connectivity index (χ1n) is 7.16. The van der Waals surface area contributed by atoms with E-state index in [9.17, 15) is 4.79 Å². The number of carbonyl (C=O) groups excluding carboxylic acids is 1. The summed E-state index contributed by atoms with van der Waals surface area (Å²) in [5.74, 6) is 0.385. The second-order valence-corrected chi connectivity index (χ2v) is 4.82. The maximum atomic E-state index is 11.9. The van der Waals surface area contributed by atoms with E-state index in [1.54, 1.807) is 24.7 Å². The maximum Gasteiger partial charge on any atom is 0.359 e. The van der Waals surface area contributed by atoms with Crippen LogP contribution in [0.5, 0.6) is 5.75 Å². The largest absolute Gasteiger partial charge is 0.490 e. The highest BCUT2D eigenvalue weighted by atomic mass is 16.5. The molecule has 0 saturated heterocycles. The van der Waals surface area contributed by atoms with Gasteiger partial charge in [0.1, 0.15) is 12.4 Å². The van der Waals surface area contributed by atoms with Crippen molar-refractivity contribution in [2.45, 2.75) is 13.3 Å².